The van der Waals surface area contributed by atoms with Crippen molar-refractivity contribution in [2.24, 2.45) is 11.8 Å². The number of hydrogen-bond donors (Lipinski definition) is 2. The van der Waals surface area contributed by atoms with Crippen molar-refractivity contribution in [3.05, 3.63) is 24.3 Å². The van der Waals surface area contributed by atoms with E-state index in [2.05, 4.69) is 11.2 Å². The molecule has 1 amide bonds. The van der Waals surface area contributed by atoms with E-state index in [1.807, 2.05) is 0 Å². The fourth-order valence-corrected chi connectivity index (χ4v) is 2.13. The summed E-state index contributed by atoms with van der Waals surface area (Å²) < 4.78 is 5.26. The highest BCUT2D eigenvalue weighted by molar-refractivity contribution is 5.96. The van der Waals surface area contributed by atoms with E-state index in [4.69, 9.17) is 16.3 Å². The molecule has 0 spiro atoms. The van der Waals surface area contributed by atoms with Gasteiger partial charge in [-0.2, -0.15) is 0 Å². The van der Waals surface area contributed by atoms with Crippen LogP contribution >= 0.6 is 0 Å². The third-order valence-corrected chi connectivity index (χ3v) is 3.35. The molecule has 5 nitrogen and oxygen atoms in total. The summed E-state index contributed by atoms with van der Waals surface area (Å²) in [6.45, 7) is 0.154. The minimum atomic E-state index is -0.914. The second-order valence-corrected chi connectivity index (χ2v) is 4.64. The molecule has 0 saturated heterocycles. The standard InChI is InChI=1S/C15H15NO4/c1-2-8-20-11-5-3-4-10(9-11)16-14(17)12-6-7-13(12)15(18)19/h1,3-5,9,12-13H,6-8H2,(H,16,17)(H,18,19). The number of nitrogens with one attached hydrogen (secondary N) is 1. The molecule has 20 heavy (non-hydrogen) atoms. The lowest BCUT2D eigenvalue weighted by molar-refractivity contribution is -0.151. The van der Waals surface area contributed by atoms with Crippen LogP contribution in [0.3, 0.4) is 0 Å². The van der Waals surface area contributed by atoms with E-state index in [0.717, 1.165) is 0 Å². The van der Waals surface area contributed by atoms with Crippen molar-refractivity contribution in [1.82, 2.24) is 0 Å². The number of benzene rings is 1. The minimum Gasteiger partial charge on any atom is -0.481 e. The molecule has 5 heteroatoms. The van der Waals surface area contributed by atoms with E-state index >= 15 is 0 Å². The van der Waals surface area contributed by atoms with E-state index in [1.165, 1.54) is 0 Å². The monoisotopic (exact) mass is 273 g/mol. The highest BCUT2D eigenvalue weighted by Crippen LogP contribution is 2.35. The van der Waals surface area contributed by atoms with Crippen molar-refractivity contribution in [3.63, 3.8) is 0 Å². The summed E-state index contributed by atoms with van der Waals surface area (Å²) in [5.74, 6) is 0.706. The van der Waals surface area contributed by atoms with Gasteiger partial charge in [0.05, 0.1) is 11.8 Å². The maximum atomic E-state index is 12.0. The zero-order valence-electron chi connectivity index (χ0n) is 10.8. The Hall–Kier alpha value is -2.48. The Labute approximate surface area is 116 Å². The van der Waals surface area contributed by atoms with Crippen molar-refractivity contribution < 1.29 is 19.4 Å². The predicted octanol–water partition coefficient (Wildman–Crippen LogP) is 1.75. The molecule has 104 valence electrons. The molecule has 0 bridgehead atoms. The molecule has 1 aromatic rings. The Morgan fingerprint density at radius 1 is 1.40 bits per heavy atom. The molecule has 0 radical (unpaired) electrons. The van der Waals surface area contributed by atoms with Crippen molar-refractivity contribution in [1.29, 1.82) is 0 Å². The number of carbonyl (C=O) groups is 2. The largest absolute Gasteiger partial charge is 0.481 e. The summed E-state index contributed by atoms with van der Waals surface area (Å²) >= 11 is 0. The van der Waals surface area contributed by atoms with Crippen LogP contribution in [0.5, 0.6) is 5.75 Å². The van der Waals surface area contributed by atoms with Gasteiger partial charge in [0.2, 0.25) is 5.91 Å². The number of carbonyl (C=O) groups excluding carboxylic acids is 1. The summed E-state index contributed by atoms with van der Waals surface area (Å²) in [6, 6.07) is 6.84. The van der Waals surface area contributed by atoms with Gasteiger partial charge in [-0.05, 0) is 25.0 Å². The number of ether oxygens (including phenoxy) is 1. The molecule has 2 N–H and O–H groups in total. The van der Waals surface area contributed by atoms with Gasteiger partial charge in [-0.25, -0.2) is 0 Å². The van der Waals surface area contributed by atoms with Crippen LogP contribution in [-0.2, 0) is 9.59 Å². The highest BCUT2D eigenvalue weighted by Gasteiger charge is 2.41. The second kappa shape index (κ2) is 6.11. The van der Waals surface area contributed by atoms with Crippen molar-refractivity contribution >= 4 is 17.6 Å². The molecule has 2 rings (SSSR count). The molecular formula is C15H15NO4. The first-order valence-corrected chi connectivity index (χ1v) is 6.32. The zero-order chi connectivity index (χ0) is 14.5. The quantitative estimate of drug-likeness (QED) is 0.801. The first-order valence-electron chi connectivity index (χ1n) is 6.32. The smallest absolute Gasteiger partial charge is 0.307 e. The number of rotatable bonds is 5. The summed E-state index contributed by atoms with van der Waals surface area (Å²) in [7, 11) is 0. The van der Waals surface area contributed by atoms with E-state index in [0.29, 0.717) is 24.3 Å². The fourth-order valence-electron chi connectivity index (χ4n) is 2.13. The van der Waals surface area contributed by atoms with Gasteiger partial charge in [-0.1, -0.05) is 12.0 Å². The van der Waals surface area contributed by atoms with Gasteiger partial charge in [0.25, 0.3) is 0 Å². The van der Waals surface area contributed by atoms with Crippen LogP contribution in [0, 0.1) is 24.2 Å². The summed E-state index contributed by atoms with van der Waals surface area (Å²) in [6.07, 6.45) is 6.27. The number of terminal acetylenes is 1. The van der Waals surface area contributed by atoms with Crippen molar-refractivity contribution in [2.75, 3.05) is 11.9 Å². The first kappa shape index (κ1) is 13.9. The van der Waals surface area contributed by atoms with Gasteiger partial charge in [0.1, 0.15) is 12.4 Å². The van der Waals surface area contributed by atoms with Crippen LogP contribution in [0.4, 0.5) is 5.69 Å². The van der Waals surface area contributed by atoms with Gasteiger partial charge >= 0.3 is 5.97 Å². The van der Waals surface area contributed by atoms with Crippen LogP contribution in [0.25, 0.3) is 0 Å². The summed E-state index contributed by atoms with van der Waals surface area (Å²) in [5, 5.41) is 11.7. The molecule has 0 aliphatic heterocycles. The fraction of sp³-hybridized carbons (Fsp3) is 0.333. The topological polar surface area (TPSA) is 75.6 Å². The number of carboxylic acids is 1. The molecule has 1 fully saturated rings. The number of aliphatic carboxylic acids is 1. The molecule has 1 aliphatic rings. The van der Waals surface area contributed by atoms with Crippen LogP contribution in [0.2, 0.25) is 0 Å². The van der Waals surface area contributed by atoms with Gasteiger partial charge in [0.15, 0.2) is 0 Å². The van der Waals surface area contributed by atoms with Gasteiger partial charge in [0, 0.05) is 11.8 Å². The summed E-state index contributed by atoms with van der Waals surface area (Å²) in [4.78, 5) is 22.9. The Bertz CT molecular complexity index is 561. The first-order chi connectivity index (χ1) is 9.61. The number of amides is 1. The Morgan fingerprint density at radius 3 is 2.75 bits per heavy atom. The minimum absolute atomic E-state index is 0.154. The molecule has 2 unspecified atom stereocenters. The molecule has 1 aliphatic carbocycles. The lowest BCUT2D eigenvalue weighted by Crippen LogP contribution is -2.41. The maximum absolute atomic E-state index is 12.0. The SMILES string of the molecule is C#CCOc1cccc(NC(=O)C2CCC2C(=O)O)c1. The van der Waals surface area contributed by atoms with Gasteiger partial charge < -0.3 is 15.2 Å². The lowest BCUT2D eigenvalue weighted by atomic mass is 9.73. The van der Waals surface area contributed by atoms with Crippen LogP contribution < -0.4 is 10.1 Å². The normalized spacial score (nSPS) is 20.4. The lowest BCUT2D eigenvalue weighted by Gasteiger charge is -2.31. The van der Waals surface area contributed by atoms with Crippen LogP contribution in [0.1, 0.15) is 12.8 Å². The molecule has 1 aromatic carbocycles. The zero-order valence-corrected chi connectivity index (χ0v) is 10.8. The number of carboxylic acid groups (broad SMARTS) is 1. The molecule has 0 heterocycles. The average molecular weight is 273 g/mol. The highest BCUT2D eigenvalue weighted by atomic mass is 16.5. The third kappa shape index (κ3) is 3.09. The predicted molar refractivity (Wildman–Crippen MR) is 73.2 cm³/mol. The van der Waals surface area contributed by atoms with E-state index in [1.54, 1.807) is 24.3 Å². The van der Waals surface area contributed by atoms with Crippen molar-refractivity contribution in [3.8, 4) is 18.1 Å². The number of hydrogen-bond acceptors (Lipinski definition) is 3. The van der Waals surface area contributed by atoms with E-state index < -0.39 is 17.8 Å². The van der Waals surface area contributed by atoms with E-state index in [9.17, 15) is 9.59 Å². The second-order valence-electron chi connectivity index (χ2n) is 4.64. The molecule has 1 saturated carbocycles. The molecular weight excluding hydrogens is 258 g/mol. The molecule has 2 atom stereocenters. The van der Waals surface area contributed by atoms with E-state index in [-0.39, 0.29) is 12.5 Å². The maximum Gasteiger partial charge on any atom is 0.307 e. The third-order valence-electron chi connectivity index (χ3n) is 3.35. The van der Waals surface area contributed by atoms with Crippen molar-refractivity contribution in [2.45, 2.75) is 12.8 Å². The average Bonchev–Trinajstić information content (AvgIpc) is 2.34. The summed E-state index contributed by atoms with van der Waals surface area (Å²) in [5.41, 5.74) is 0.570. The Morgan fingerprint density at radius 2 is 2.15 bits per heavy atom. The van der Waals surface area contributed by atoms with Gasteiger partial charge in [-0.3, -0.25) is 9.59 Å². The Kier molecular flexibility index (Phi) is 4.26. The van der Waals surface area contributed by atoms with Crippen LogP contribution in [0.15, 0.2) is 24.3 Å². The van der Waals surface area contributed by atoms with Gasteiger partial charge in [-0.15, -0.1) is 6.42 Å². The van der Waals surface area contributed by atoms with Crippen LogP contribution in [-0.4, -0.2) is 23.6 Å². The molecule has 0 aromatic heterocycles. The number of anilines is 1. The Balaban J connectivity index is 1.98.